The lowest BCUT2D eigenvalue weighted by Crippen LogP contribution is -2.48. The van der Waals surface area contributed by atoms with Crippen molar-refractivity contribution in [1.29, 1.82) is 0 Å². The summed E-state index contributed by atoms with van der Waals surface area (Å²) < 4.78 is 5.31. The minimum absolute atomic E-state index is 0.0243. The Morgan fingerprint density at radius 2 is 2.09 bits per heavy atom. The maximum absolute atomic E-state index is 12.5. The molecule has 1 atom stereocenters. The van der Waals surface area contributed by atoms with Gasteiger partial charge in [0.1, 0.15) is 5.54 Å². The largest absolute Gasteiger partial charge is 0.377 e. The van der Waals surface area contributed by atoms with Gasteiger partial charge in [-0.1, -0.05) is 12.8 Å². The number of imide groups is 1. The normalized spacial score (nSPS) is 27.6. The van der Waals surface area contributed by atoms with E-state index in [9.17, 15) is 14.4 Å². The quantitative estimate of drug-likeness (QED) is 0.770. The second kappa shape index (κ2) is 5.87. The fraction of sp³-hybridized carbons (Fsp3) is 0.800. The minimum atomic E-state index is -0.688. The number of hydrogen-bond acceptors (Lipinski definition) is 4. The molecule has 1 aliphatic carbocycles. The molecule has 1 spiro atoms. The predicted octanol–water partition coefficient (Wildman–Crippen LogP) is 0.488. The Morgan fingerprint density at radius 1 is 1.36 bits per heavy atom. The molecule has 1 N–H and O–H groups in total. The fourth-order valence-corrected chi connectivity index (χ4v) is 3.65. The molecule has 2 saturated heterocycles. The number of carbonyl (C=O) groups excluding carboxylic acids is 3. The number of ether oxygens (including phenoxy) is 1. The third-order valence-corrected chi connectivity index (χ3v) is 4.94. The van der Waals surface area contributed by atoms with Gasteiger partial charge in [0.25, 0.3) is 5.91 Å². The maximum Gasteiger partial charge on any atom is 0.325 e. The van der Waals surface area contributed by atoms with Crippen molar-refractivity contribution in [1.82, 2.24) is 15.1 Å². The third-order valence-electron chi connectivity index (χ3n) is 4.94. The molecular formula is C15H23N3O4. The third kappa shape index (κ3) is 2.58. The van der Waals surface area contributed by atoms with Gasteiger partial charge >= 0.3 is 6.03 Å². The molecule has 7 heteroatoms. The standard InChI is InChI=1S/C15H23N3O4/c1-11-10-22-9-8-17(11)12(19)4-7-18-13(20)15(16-14(18)21)5-2-3-6-15/h11H,2-10H2,1H3,(H,16,21). The van der Waals surface area contributed by atoms with Crippen molar-refractivity contribution in [2.24, 2.45) is 0 Å². The van der Waals surface area contributed by atoms with E-state index in [0.717, 1.165) is 12.8 Å². The topological polar surface area (TPSA) is 79.0 Å². The molecule has 3 fully saturated rings. The molecule has 0 aromatic carbocycles. The summed E-state index contributed by atoms with van der Waals surface area (Å²) in [5, 5.41) is 2.83. The molecule has 2 heterocycles. The van der Waals surface area contributed by atoms with Crippen molar-refractivity contribution in [3.05, 3.63) is 0 Å². The van der Waals surface area contributed by atoms with Crippen LogP contribution in [-0.4, -0.2) is 65.5 Å². The van der Waals surface area contributed by atoms with Gasteiger partial charge in [0.2, 0.25) is 5.91 Å². The molecule has 0 radical (unpaired) electrons. The SMILES string of the molecule is CC1COCCN1C(=O)CCN1C(=O)NC2(CCCC2)C1=O. The summed E-state index contributed by atoms with van der Waals surface area (Å²) in [5.74, 6) is -0.179. The Bertz CT molecular complexity index is 487. The van der Waals surface area contributed by atoms with Crippen LogP contribution in [0.2, 0.25) is 0 Å². The van der Waals surface area contributed by atoms with Crippen molar-refractivity contribution in [3.63, 3.8) is 0 Å². The molecule has 122 valence electrons. The number of nitrogens with zero attached hydrogens (tertiary/aromatic N) is 2. The number of amides is 4. The first-order valence-electron chi connectivity index (χ1n) is 8.05. The Hall–Kier alpha value is -1.63. The molecule has 7 nitrogen and oxygen atoms in total. The van der Waals surface area contributed by atoms with Crippen molar-refractivity contribution in [3.8, 4) is 0 Å². The monoisotopic (exact) mass is 309 g/mol. The molecule has 22 heavy (non-hydrogen) atoms. The first kappa shape index (κ1) is 15.3. The van der Waals surface area contributed by atoms with Crippen LogP contribution in [-0.2, 0) is 14.3 Å². The molecule has 3 rings (SSSR count). The van der Waals surface area contributed by atoms with E-state index in [1.165, 1.54) is 4.90 Å². The Balaban J connectivity index is 1.58. The summed E-state index contributed by atoms with van der Waals surface area (Å²) in [7, 11) is 0. The van der Waals surface area contributed by atoms with E-state index < -0.39 is 5.54 Å². The lowest BCUT2D eigenvalue weighted by atomic mass is 9.98. The molecule has 3 aliphatic rings. The Labute approximate surface area is 129 Å². The van der Waals surface area contributed by atoms with Gasteiger partial charge in [-0.05, 0) is 19.8 Å². The van der Waals surface area contributed by atoms with Crippen LogP contribution in [0.4, 0.5) is 4.79 Å². The number of carbonyl (C=O) groups is 3. The van der Waals surface area contributed by atoms with Crippen LogP contribution in [0.3, 0.4) is 0 Å². The van der Waals surface area contributed by atoms with Gasteiger partial charge in [-0.15, -0.1) is 0 Å². The summed E-state index contributed by atoms with van der Waals surface area (Å²) in [6, 6.07) is -0.305. The highest BCUT2D eigenvalue weighted by molar-refractivity contribution is 6.07. The van der Waals surface area contributed by atoms with E-state index >= 15 is 0 Å². The number of nitrogens with one attached hydrogen (secondary N) is 1. The van der Waals surface area contributed by atoms with Crippen molar-refractivity contribution >= 4 is 17.8 Å². The highest BCUT2D eigenvalue weighted by atomic mass is 16.5. The van der Waals surface area contributed by atoms with Gasteiger partial charge in [0.15, 0.2) is 0 Å². The smallest absolute Gasteiger partial charge is 0.325 e. The van der Waals surface area contributed by atoms with Crippen LogP contribution in [0.5, 0.6) is 0 Å². The maximum atomic E-state index is 12.5. The molecule has 0 aromatic rings. The summed E-state index contributed by atoms with van der Waals surface area (Å²) in [6.45, 7) is 3.76. The second-order valence-electron chi connectivity index (χ2n) is 6.44. The zero-order valence-electron chi connectivity index (χ0n) is 13.0. The second-order valence-corrected chi connectivity index (χ2v) is 6.44. The molecule has 1 saturated carbocycles. The molecule has 1 unspecified atom stereocenters. The van der Waals surface area contributed by atoms with Crippen LogP contribution < -0.4 is 5.32 Å². The van der Waals surface area contributed by atoms with Gasteiger partial charge in [0.05, 0.1) is 19.3 Å². The zero-order chi connectivity index (χ0) is 15.7. The number of urea groups is 1. The van der Waals surface area contributed by atoms with Crippen molar-refractivity contribution in [2.45, 2.75) is 50.6 Å². The van der Waals surface area contributed by atoms with Crippen LogP contribution >= 0.6 is 0 Å². The van der Waals surface area contributed by atoms with E-state index in [1.54, 1.807) is 4.90 Å². The van der Waals surface area contributed by atoms with Gasteiger partial charge in [0, 0.05) is 19.5 Å². The first-order valence-corrected chi connectivity index (χ1v) is 8.05. The van der Waals surface area contributed by atoms with E-state index in [2.05, 4.69) is 5.32 Å². The van der Waals surface area contributed by atoms with Crippen LogP contribution in [0.15, 0.2) is 0 Å². The van der Waals surface area contributed by atoms with Gasteiger partial charge < -0.3 is 15.0 Å². The Morgan fingerprint density at radius 3 is 2.77 bits per heavy atom. The van der Waals surface area contributed by atoms with E-state index in [0.29, 0.717) is 32.6 Å². The highest BCUT2D eigenvalue weighted by Crippen LogP contribution is 2.35. The number of hydrogen-bond donors (Lipinski definition) is 1. The minimum Gasteiger partial charge on any atom is -0.377 e. The van der Waals surface area contributed by atoms with Crippen molar-refractivity contribution in [2.75, 3.05) is 26.3 Å². The number of morpholine rings is 1. The van der Waals surface area contributed by atoms with Crippen LogP contribution in [0.1, 0.15) is 39.0 Å². The lowest BCUT2D eigenvalue weighted by molar-refractivity contribution is -0.139. The lowest BCUT2D eigenvalue weighted by Gasteiger charge is -2.33. The van der Waals surface area contributed by atoms with E-state index in [1.807, 2.05) is 6.92 Å². The summed E-state index contributed by atoms with van der Waals surface area (Å²) >= 11 is 0. The number of rotatable bonds is 3. The van der Waals surface area contributed by atoms with E-state index in [-0.39, 0.29) is 36.9 Å². The molecule has 2 aliphatic heterocycles. The predicted molar refractivity (Wildman–Crippen MR) is 78.1 cm³/mol. The van der Waals surface area contributed by atoms with Crippen LogP contribution in [0.25, 0.3) is 0 Å². The summed E-state index contributed by atoms with van der Waals surface area (Å²) in [6.07, 6.45) is 3.53. The van der Waals surface area contributed by atoms with Gasteiger partial charge in [-0.25, -0.2) is 4.79 Å². The molecule has 0 bridgehead atoms. The highest BCUT2D eigenvalue weighted by Gasteiger charge is 2.52. The Kier molecular flexibility index (Phi) is 4.08. The summed E-state index contributed by atoms with van der Waals surface area (Å²) in [4.78, 5) is 39.8. The summed E-state index contributed by atoms with van der Waals surface area (Å²) in [5.41, 5.74) is -0.688. The van der Waals surface area contributed by atoms with Gasteiger partial charge in [-0.2, -0.15) is 0 Å². The molecule has 0 aromatic heterocycles. The molecule has 4 amide bonds. The van der Waals surface area contributed by atoms with E-state index in [4.69, 9.17) is 4.74 Å². The first-order chi connectivity index (χ1) is 10.5. The van der Waals surface area contributed by atoms with Crippen LogP contribution in [0, 0.1) is 0 Å². The van der Waals surface area contributed by atoms with Crippen molar-refractivity contribution < 1.29 is 19.1 Å². The average molecular weight is 309 g/mol. The average Bonchev–Trinajstić information content (AvgIpc) is 3.05. The molecular weight excluding hydrogens is 286 g/mol. The fourth-order valence-electron chi connectivity index (χ4n) is 3.65. The zero-order valence-corrected chi connectivity index (χ0v) is 13.0. The van der Waals surface area contributed by atoms with Gasteiger partial charge in [-0.3, -0.25) is 14.5 Å².